The van der Waals surface area contributed by atoms with Gasteiger partial charge in [-0.2, -0.15) is 5.10 Å². The van der Waals surface area contributed by atoms with E-state index in [2.05, 4.69) is 46.7 Å². The number of carbonyl (C=O) groups is 2. The fourth-order valence-corrected chi connectivity index (χ4v) is 2.42. The van der Waals surface area contributed by atoms with Crippen molar-refractivity contribution in [1.29, 1.82) is 0 Å². The molecule has 0 unspecified atom stereocenters. The summed E-state index contributed by atoms with van der Waals surface area (Å²) in [5.74, 6) is -0.552. The minimum atomic E-state index is -0.493. The third-order valence-corrected chi connectivity index (χ3v) is 3.77. The topological polar surface area (TPSA) is 116 Å². The molecular weight excluding hydrogens is 376 g/mol. The largest absolute Gasteiger partial charge is 0.340 e. The first-order chi connectivity index (χ1) is 11.5. The summed E-state index contributed by atoms with van der Waals surface area (Å²) in [6.07, 6.45) is 2.80. The molecule has 8 nitrogen and oxygen atoms in total. The van der Waals surface area contributed by atoms with Gasteiger partial charge in [0.1, 0.15) is 11.5 Å². The maximum Gasteiger partial charge on any atom is 0.276 e. The van der Waals surface area contributed by atoms with Crippen LogP contribution >= 0.6 is 15.9 Å². The fourth-order valence-electron chi connectivity index (χ4n) is 2.06. The molecule has 9 heteroatoms. The van der Waals surface area contributed by atoms with Gasteiger partial charge < -0.3 is 15.6 Å². The van der Waals surface area contributed by atoms with Gasteiger partial charge in [-0.15, -0.1) is 0 Å². The van der Waals surface area contributed by atoms with E-state index in [0.717, 1.165) is 10.0 Å². The molecule has 0 fully saturated rings. The highest BCUT2D eigenvalue weighted by atomic mass is 79.9. The normalized spacial score (nSPS) is 10.4. The zero-order valence-electron chi connectivity index (χ0n) is 12.6. The SMILES string of the molecule is Cc1ccc(Br)cc1NC(=O)c1nc[nH]c1C(=O)Nc1ccn[nH]1. The van der Waals surface area contributed by atoms with Gasteiger partial charge in [-0.1, -0.05) is 22.0 Å². The number of carbonyl (C=O) groups excluding carboxylic acids is 2. The van der Waals surface area contributed by atoms with Crippen LogP contribution in [0.15, 0.2) is 41.3 Å². The number of H-pyrrole nitrogens is 2. The van der Waals surface area contributed by atoms with E-state index in [4.69, 9.17) is 0 Å². The van der Waals surface area contributed by atoms with Gasteiger partial charge in [0.05, 0.1) is 12.5 Å². The molecule has 1 aromatic carbocycles. The van der Waals surface area contributed by atoms with Crippen LogP contribution in [0, 0.1) is 6.92 Å². The van der Waals surface area contributed by atoms with Crippen molar-refractivity contribution in [2.24, 2.45) is 0 Å². The molecule has 3 rings (SSSR count). The summed E-state index contributed by atoms with van der Waals surface area (Å²) in [4.78, 5) is 31.3. The number of imidazole rings is 1. The summed E-state index contributed by atoms with van der Waals surface area (Å²) in [6, 6.07) is 7.13. The van der Waals surface area contributed by atoms with Crippen molar-refractivity contribution in [3.05, 3.63) is 58.2 Å². The van der Waals surface area contributed by atoms with Crippen LogP contribution in [0.2, 0.25) is 0 Å². The van der Waals surface area contributed by atoms with E-state index in [1.807, 2.05) is 19.1 Å². The number of anilines is 2. The number of rotatable bonds is 4. The van der Waals surface area contributed by atoms with E-state index in [9.17, 15) is 9.59 Å². The Hall–Kier alpha value is -2.94. The molecule has 122 valence electrons. The van der Waals surface area contributed by atoms with Gasteiger partial charge in [-0.25, -0.2) is 4.98 Å². The molecule has 0 bridgehead atoms. The predicted molar refractivity (Wildman–Crippen MR) is 92.0 cm³/mol. The number of hydrogen-bond donors (Lipinski definition) is 4. The van der Waals surface area contributed by atoms with Crippen LogP contribution in [0.5, 0.6) is 0 Å². The number of nitrogens with zero attached hydrogens (tertiary/aromatic N) is 2. The minimum Gasteiger partial charge on any atom is -0.340 e. The van der Waals surface area contributed by atoms with Gasteiger partial charge in [0, 0.05) is 16.2 Å². The summed E-state index contributed by atoms with van der Waals surface area (Å²) >= 11 is 3.36. The zero-order chi connectivity index (χ0) is 17.1. The number of aromatic amines is 2. The van der Waals surface area contributed by atoms with Crippen LogP contribution < -0.4 is 10.6 Å². The first-order valence-electron chi connectivity index (χ1n) is 6.96. The summed E-state index contributed by atoms with van der Waals surface area (Å²) in [7, 11) is 0. The molecular formula is C15H13BrN6O2. The Labute approximate surface area is 145 Å². The predicted octanol–water partition coefficient (Wildman–Crippen LogP) is 2.71. The molecule has 3 aromatic rings. The first kappa shape index (κ1) is 15.9. The van der Waals surface area contributed by atoms with E-state index in [1.54, 1.807) is 12.1 Å². The molecule has 0 aliphatic carbocycles. The molecule has 0 aliphatic heterocycles. The van der Waals surface area contributed by atoms with Gasteiger partial charge in [0.2, 0.25) is 0 Å². The number of aryl methyl sites for hydroxylation is 1. The minimum absolute atomic E-state index is 0.00592. The van der Waals surface area contributed by atoms with E-state index in [-0.39, 0.29) is 11.4 Å². The third kappa shape index (κ3) is 3.35. The highest BCUT2D eigenvalue weighted by molar-refractivity contribution is 9.10. The van der Waals surface area contributed by atoms with Crippen LogP contribution in [-0.2, 0) is 0 Å². The Balaban J connectivity index is 1.80. The third-order valence-electron chi connectivity index (χ3n) is 3.28. The molecule has 2 aromatic heterocycles. The monoisotopic (exact) mass is 388 g/mol. The number of aromatic nitrogens is 4. The molecule has 0 spiro atoms. The molecule has 0 atom stereocenters. The number of halogens is 1. The Morgan fingerprint density at radius 1 is 1.17 bits per heavy atom. The summed E-state index contributed by atoms with van der Waals surface area (Å²) in [6.45, 7) is 1.87. The van der Waals surface area contributed by atoms with E-state index in [1.165, 1.54) is 12.5 Å². The number of amides is 2. The summed E-state index contributed by atoms with van der Waals surface area (Å²) < 4.78 is 0.836. The van der Waals surface area contributed by atoms with Gasteiger partial charge in [0.25, 0.3) is 11.8 Å². The van der Waals surface area contributed by atoms with Crippen molar-refractivity contribution < 1.29 is 9.59 Å². The van der Waals surface area contributed by atoms with Crippen LogP contribution in [0.1, 0.15) is 26.5 Å². The maximum absolute atomic E-state index is 12.5. The number of hydrogen-bond acceptors (Lipinski definition) is 4. The van der Waals surface area contributed by atoms with Gasteiger partial charge in [-0.3, -0.25) is 14.7 Å². The second-order valence-electron chi connectivity index (χ2n) is 4.96. The van der Waals surface area contributed by atoms with Gasteiger partial charge in [0.15, 0.2) is 5.69 Å². The molecule has 2 heterocycles. The van der Waals surface area contributed by atoms with Gasteiger partial charge >= 0.3 is 0 Å². The average Bonchev–Trinajstić information content (AvgIpc) is 3.21. The van der Waals surface area contributed by atoms with Crippen molar-refractivity contribution in [3.63, 3.8) is 0 Å². The lowest BCUT2D eigenvalue weighted by atomic mass is 10.2. The molecule has 2 amide bonds. The van der Waals surface area contributed by atoms with Crippen LogP contribution in [0.4, 0.5) is 11.5 Å². The molecule has 0 radical (unpaired) electrons. The van der Waals surface area contributed by atoms with Gasteiger partial charge in [-0.05, 0) is 24.6 Å². The fraction of sp³-hybridized carbons (Fsp3) is 0.0667. The summed E-state index contributed by atoms with van der Waals surface area (Å²) in [5.41, 5.74) is 1.60. The van der Waals surface area contributed by atoms with Crippen LogP contribution in [0.3, 0.4) is 0 Å². The second-order valence-corrected chi connectivity index (χ2v) is 5.88. The lowest BCUT2D eigenvalue weighted by Crippen LogP contribution is -2.20. The van der Waals surface area contributed by atoms with E-state index >= 15 is 0 Å². The van der Waals surface area contributed by atoms with Crippen LogP contribution in [0.25, 0.3) is 0 Å². The smallest absolute Gasteiger partial charge is 0.276 e. The Bertz CT molecular complexity index is 887. The Morgan fingerprint density at radius 2 is 2.00 bits per heavy atom. The van der Waals surface area contributed by atoms with E-state index < -0.39 is 11.8 Å². The van der Waals surface area contributed by atoms with Crippen LogP contribution in [-0.4, -0.2) is 32.0 Å². The molecule has 0 aliphatic rings. The average molecular weight is 389 g/mol. The zero-order valence-corrected chi connectivity index (χ0v) is 14.1. The van der Waals surface area contributed by atoms with E-state index in [0.29, 0.717) is 11.5 Å². The number of benzene rings is 1. The lowest BCUT2D eigenvalue weighted by Gasteiger charge is -2.08. The number of nitrogens with one attached hydrogen (secondary N) is 4. The highest BCUT2D eigenvalue weighted by Crippen LogP contribution is 2.21. The molecule has 0 saturated heterocycles. The lowest BCUT2D eigenvalue weighted by molar-refractivity contribution is 0.0985. The first-order valence-corrected chi connectivity index (χ1v) is 7.75. The highest BCUT2D eigenvalue weighted by Gasteiger charge is 2.21. The quantitative estimate of drug-likeness (QED) is 0.549. The standard InChI is InChI=1S/C15H13BrN6O2/c1-8-2-3-9(16)6-10(8)20-14(23)12-13(18-7-17-12)15(24)21-11-4-5-19-22-11/h2-7H,1H3,(H,17,18)(H,20,23)(H2,19,21,22,24). The van der Waals surface area contributed by atoms with Crippen molar-refractivity contribution in [2.75, 3.05) is 10.6 Å². The Morgan fingerprint density at radius 3 is 2.75 bits per heavy atom. The second kappa shape index (κ2) is 6.67. The summed E-state index contributed by atoms with van der Waals surface area (Å²) in [5, 5.41) is 11.7. The maximum atomic E-state index is 12.5. The molecule has 0 saturated carbocycles. The van der Waals surface area contributed by atoms with Crippen molar-refractivity contribution in [1.82, 2.24) is 20.2 Å². The molecule has 4 N–H and O–H groups in total. The van der Waals surface area contributed by atoms with Crippen molar-refractivity contribution in [2.45, 2.75) is 6.92 Å². The molecule has 24 heavy (non-hydrogen) atoms. The van der Waals surface area contributed by atoms with Crippen molar-refractivity contribution in [3.8, 4) is 0 Å². The Kier molecular flexibility index (Phi) is 4.43. The van der Waals surface area contributed by atoms with Crippen molar-refractivity contribution >= 4 is 39.2 Å².